The van der Waals surface area contributed by atoms with Gasteiger partial charge in [-0.1, -0.05) is 0 Å². The lowest BCUT2D eigenvalue weighted by molar-refractivity contribution is 0.322. The maximum Gasteiger partial charge on any atom is 0.135 e. The van der Waals surface area contributed by atoms with Gasteiger partial charge >= 0.3 is 0 Å². The van der Waals surface area contributed by atoms with E-state index < -0.39 is 0 Å². The van der Waals surface area contributed by atoms with Crippen molar-refractivity contribution in [3.8, 4) is 0 Å². The molecule has 4 nitrogen and oxygen atoms in total. The van der Waals surface area contributed by atoms with Gasteiger partial charge in [-0.3, -0.25) is 0 Å². The van der Waals surface area contributed by atoms with Crippen molar-refractivity contribution < 1.29 is 5.21 Å². The molecule has 0 aromatic carbocycles. The maximum atomic E-state index is 7.88. The summed E-state index contributed by atoms with van der Waals surface area (Å²) in [4.78, 5) is 5.74. The number of rotatable bonds is 4. The first-order valence-electron chi connectivity index (χ1n) is 3.17. The molecule has 0 spiro atoms. The number of aliphatic imine (C=N–C) groups is 1. The highest BCUT2D eigenvalue weighted by Crippen LogP contribution is 1.82. The van der Waals surface area contributed by atoms with Crippen molar-refractivity contribution in [3.05, 3.63) is 0 Å². The molecule has 0 atom stereocenters. The second kappa shape index (κ2) is 9.43. The molecule has 66 valence electrons. The van der Waals surface area contributed by atoms with Crippen LogP contribution < -0.4 is 0 Å². The monoisotopic (exact) mass is 179 g/mol. The first-order valence-corrected chi connectivity index (χ1v) is 3.17. The molecule has 5 heteroatoms. The van der Waals surface area contributed by atoms with Gasteiger partial charge in [0.1, 0.15) is 6.01 Å². The van der Waals surface area contributed by atoms with Crippen molar-refractivity contribution in [1.82, 2.24) is 4.90 Å². The topological polar surface area (TPSA) is 48.2 Å². The highest BCUT2D eigenvalue weighted by molar-refractivity contribution is 5.85. The lowest BCUT2D eigenvalue weighted by Crippen LogP contribution is -2.13. The number of hydrogen-bond acceptors (Lipinski definition) is 4. The smallest absolute Gasteiger partial charge is 0.135 e. The Morgan fingerprint density at radius 2 is 2.09 bits per heavy atom. The predicted molar refractivity (Wildman–Crippen MR) is 46.9 cm³/mol. The van der Waals surface area contributed by atoms with E-state index in [1.54, 1.807) is 0 Å². The average Bonchev–Trinajstić information content (AvgIpc) is 1.87. The molecule has 0 unspecified atom stereocenters. The van der Waals surface area contributed by atoms with E-state index in [1.165, 1.54) is 0 Å². The van der Waals surface area contributed by atoms with E-state index >= 15 is 0 Å². The molecule has 0 radical (unpaired) electrons. The summed E-state index contributed by atoms with van der Waals surface area (Å²) in [5, 5.41) is 10.5. The molecule has 0 saturated heterocycles. The zero-order valence-electron chi connectivity index (χ0n) is 6.82. The van der Waals surface area contributed by atoms with Crippen LogP contribution in [0.4, 0.5) is 0 Å². The van der Waals surface area contributed by atoms with Gasteiger partial charge in [-0.15, -0.1) is 12.4 Å². The van der Waals surface area contributed by atoms with Gasteiger partial charge < -0.3 is 10.1 Å². The fraction of sp³-hybridized carbons (Fsp3) is 0.833. The molecule has 0 aliphatic heterocycles. The van der Waals surface area contributed by atoms with Crippen LogP contribution in [0.2, 0.25) is 0 Å². The maximum absolute atomic E-state index is 7.88. The Kier molecular flexibility index (Phi) is 11.2. The summed E-state index contributed by atoms with van der Waals surface area (Å²) in [6, 6.07) is 2.11. The lowest BCUT2D eigenvalue weighted by Gasteiger charge is -2.05. The van der Waals surface area contributed by atoms with Crippen LogP contribution in [0.25, 0.3) is 0 Å². The van der Waals surface area contributed by atoms with Crippen LogP contribution >= 0.6 is 12.4 Å². The van der Waals surface area contributed by atoms with Gasteiger partial charge in [-0.25, -0.2) is 4.99 Å². The molecule has 0 aromatic rings. The van der Waals surface area contributed by atoms with Gasteiger partial charge in [0, 0.05) is 0 Å². The van der Waals surface area contributed by atoms with Gasteiger partial charge in [-0.2, -0.15) is 0 Å². The summed E-state index contributed by atoms with van der Waals surface area (Å²) in [6.07, 6.45) is 0.968. The van der Waals surface area contributed by atoms with Crippen molar-refractivity contribution in [3.63, 3.8) is 0 Å². The highest BCUT2D eigenvalue weighted by Gasteiger charge is 1.86. The Balaban J connectivity index is 0. The van der Waals surface area contributed by atoms with Crippen LogP contribution in [-0.4, -0.2) is 43.3 Å². The molecular weight excluding hydrogens is 166 g/mol. The molecule has 0 aliphatic rings. The molecule has 1 N–H and O–H groups in total. The molecular formula is C6H14ClN3O. The third-order valence-corrected chi connectivity index (χ3v) is 0.991. The van der Waals surface area contributed by atoms with Crippen LogP contribution in [-0.2, 0) is 0 Å². The van der Waals surface area contributed by atoms with E-state index in [0.29, 0.717) is 6.54 Å². The minimum absolute atomic E-state index is 0. The standard InChI is InChI=1S/C6H13N3O.ClH/c1-9(2)5-3-4-7-6-8-10;/h10H,3-5H2,1-2H3;1H. The SMILES string of the molecule is CN(C)CCCN=C=NO.Cl. The fourth-order valence-corrected chi connectivity index (χ4v) is 0.548. The average molecular weight is 180 g/mol. The van der Waals surface area contributed by atoms with Gasteiger partial charge in [0.05, 0.1) is 6.54 Å². The minimum Gasteiger partial charge on any atom is -0.403 e. The Morgan fingerprint density at radius 3 is 2.55 bits per heavy atom. The van der Waals surface area contributed by atoms with E-state index in [9.17, 15) is 0 Å². The van der Waals surface area contributed by atoms with E-state index in [1.807, 2.05) is 14.1 Å². The van der Waals surface area contributed by atoms with Crippen molar-refractivity contribution in [2.45, 2.75) is 6.42 Å². The molecule has 0 bridgehead atoms. The van der Waals surface area contributed by atoms with Gasteiger partial charge in [-0.05, 0) is 32.2 Å². The van der Waals surface area contributed by atoms with E-state index in [-0.39, 0.29) is 12.4 Å². The summed E-state index contributed by atoms with van der Waals surface area (Å²) in [7, 11) is 4.01. The number of hydrogen-bond donors (Lipinski definition) is 1. The van der Waals surface area contributed by atoms with E-state index in [4.69, 9.17) is 5.21 Å². The van der Waals surface area contributed by atoms with Crippen LogP contribution in [0.3, 0.4) is 0 Å². The number of nitrogens with zero attached hydrogens (tertiary/aromatic N) is 3. The summed E-state index contributed by atoms with van der Waals surface area (Å²) < 4.78 is 0. The van der Waals surface area contributed by atoms with E-state index in [0.717, 1.165) is 13.0 Å². The Labute approximate surface area is 73.0 Å². The van der Waals surface area contributed by atoms with Gasteiger partial charge in [0.15, 0.2) is 0 Å². The zero-order chi connectivity index (χ0) is 7.82. The van der Waals surface area contributed by atoms with Crippen molar-refractivity contribution in [2.24, 2.45) is 10.1 Å². The second-order valence-corrected chi connectivity index (χ2v) is 2.24. The Morgan fingerprint density at radius 1 is 1.45 bits per heavy atom. The quantitative estimate of drug-likeness (QED) is 0.302. The highest BCUT2D eigenvalue weighted by atomic mass is 35.5. The number of halogens is 1. The molecule has 0 aromatic heterocycles. The summed E-state index contributed by atoms with van der Waals surface area (Å²) in [6.45, 7) is 1.67. The van der Waals surface area contributed by atoms with Crippen molar-refractivity contribution in [2.75, 3.05) is 27.2 Å². The zero-order valence-corrected chi connectivity index (χ0v) is 7.63. The van der Waals surface area contributed by atoms with Crippen LogP contribution in [0.15, 0.2) is 10.1 Å². The largest absolute Gasteiger partial charge is 0.403 e. The molecule has 0 rings (SSSR count). The molecule has 0 saturated carbocycles. The Bertz CT molecular complexity index is 132. The molecule has 0 heterocycles. The molecule has 11 heavy (non-hydrogen) atoms. The Hall–Kier alpha value is -0.570. The third kappa shape index (κ3) is 12.6. The van der Waals surface area contributed by atoms with Gasteiger partial charge in [0.25, 0.3) is 0 Å². The summed E-state index contributed by atoms with van der Waals surface area (Å²) in [5.74, 6) is 0. The normalized spacial score (nSPS) is 8.27. The molecule has 0 amide bonds. The third-order valence-electron chi connectivity index (χ3n) is 0.991. The van der Waals surface area contributed by atoms with Crippen molar-refractivity contribution >= 4 is 18.4 Å². The summed E-state index contributed by atoms with van der Waals surface area (Å²) >= 11 is 0. The fourth-order valence-electron chi connectivity index (χ4n) is 0.548. The van der Waals surface area contributed by atoms with Crippen LogP contribution in [0.1, 0.15) is 6.42 Å². The summed E-state index contributed by atoms with van der Waals surface area (Å²) in [5.41, 5.74) is 0. The first-order chi connectivity index (χ1) is 4.77. The van der Waals surface area contributed by atoms with Crippen LogP contribution in [0.5, 0.6) is 0 Å². The van der Waals surface area contributed by atoms with Crippen LogP contribution in [0, 0.1) is 0 Å². The van der Waals surface area contributed by atoms with Crippen molar-refractivity contribution in [1.29, 1.82) is 0 Å². The van der Waals surface area contributed by atoms with Gasteiger partial charge in [0.2, 0.25) is 0 Å². The minimum atomic E-state index is 0. The molecule has 0 aliphatic carbocycles. The second-order valence-electron chi connectivity index (χ2n) is 2.24. The van der Waals surface area contributed by atoms with E-state index in [2.05, 4.69) is 21.1 Å². The lowest BCUT2D eigenvalue weighted by atomic mass is 10.4. The predicted octanol–water partition coefficient (Wildman–Crippen LogP) is 0.923. The molecule has 0 fully saturated rings. The first kappa shape index (κ1) is 13.1.